The van der Waals surface area contributed by atoms with Crippen molar-refractivity contribution in [2.24, 2.45) is 5.73 Å². The summed E-state index contributed by atoms with van der Waals surface area (Å²) in [4.78, 5) is 14.6. The van der Waals surface area contributed by atoms with Crippen LogP contribution >= 0.6 is 0 Å². The van der Waals surface area contributed by atoms with E-state index >= 15 is 0 Å². The number of carbonyl (C=O) groups is 1. The molecule has 2 rings (SSSR count). The minimum Gasteiger partial charge on any atom is -0.480 e. The number of imidazole rings is 1. The molecule has 86 valence electrons. The van der Waals surface area contributed by atoms with E-state index in [4.69, 9.17) is 16.1 Å². The van der Waals surface area contributed by atoms with Crippen molar-refractivity contribution in [2.45, 2.75) is 12.5 Å². The Balaban J connectivity index is 2.31. The second-order valence-corrected chi connectivity index (χ2v) is 3.51. The normalized spacial score (nSPS) is 12.2. The van der Waals surface area contributed by atoms with Crippen LogP contribution in [0, 0.1) is 11.3 Å². The SMILES string of the molecule is N#Cc1cn2nc(C[C@H](N)C(=O)O)ccc2n1. The number of carboxylic acids is 1. The molecule has 0 bridgehead atoms. The van der Waals surface area contributed by atoms with Gasteiger partial charge in [-0.05, 0) is 12.1 Å². The predicted octanol–water partition coefficient (Wildman–Crippen LogP) is -0.445. The van der Waals surface area contributed by atoms with Gasteiger partial charge in [0.15, 0.2) is 11.3 Å². The molecule has 0 aliphatic rings. The summed E-state index contributed by atoms with van der Waals surface area (Å²) < 4.78 is 1.43. The molecule has 0 unspecified atom stereocenters. The highest BCUT2D eigenvalue weighted by atomic mass is 16.4. The molecule has 0 radical (unpaired) electrons. The molecule has 0 aliphatic carbocycles. The molecule has 0 aromatic carbocycles. The van der Waals surface area contributed by atoms with Crippen LogP contribution in [0.1, 0.15) is 11.4 Å². The maximum Gasteiger partial charge on any atom is 0.320 e. The van der Waals surface area contributed by atoms with Crippen LogP contribution in [0.3, 0.4) is 0 Å². The first-order valence-electron chi connectivity index (χ1n) is 4.84. The molecule has 0 fully saturated rings. The Kier molecular flexibility index (Phi) is 2.72. The van der Waals surface area contributed by atoms with E-state index in [1.54, 1.807) is 12.1 Å². The van der Waals surface area contributed by atoms with Crippen LogP contribution in [-0.4, -0.2) is 31.7 Å². The number of hydrogen-bond acceptors (Lipinski definition) is 5. The Morgan fingerprint density at radius 1 is 1.65 bits per heavy atom. The molecule has 7 heteroatoms. The van der Waals surface area contributed by atoms with Crippen molar-refractivity contribution in [3.05, 3.63) is 29.7 Å². The summed E-state index contributed by atoms with van der Waals surface area (Å²) >= 11 is 0. The topological polar surface area (TPSA) is 117 Å². The molecular weight excluding hydrogens is 222 g/mol. The quantitative estimate of drug-likeness (QED) is 0.739. The highest BCUT2D eigenvalue weighted by Gasteiger charge is 2.13. The number of rotatable bonds is 3. The first-order valence-corrected chi connectivity index (χ1v) is 4.84. The maximum absolute atomic E-state index is 10.6. The van der Waals surface area contributed by atoms with Gasteiger partial charge in [-0.1, -0.05) is 0 Å². The van der Waals surface area contributed by atoms with Gasteiger partial charge in [-0.2, -0.15) is 10.4 Å². The smallest absolute Gasteiger partial charge is 0.320 e. The number of nitrogens with zero attached hydrogens (tertiary/aromatic N) is 4. The van der Waals surface area contributed by atoms with Crippen LogP contribution in [-0.2, 0) is 11.2 Å². The van der Waals surface area contributed by atoms with E-state index in [0.717, 1.165) is 0 Å². The summed E-state index contributed by atoms with van der Waals surface area (Å²) in [6, 6.07) is 4.23. The van der Waals surface area contributed by atoms with E-state index in [-0.39, 0.29) is 12.1 Å². The fraction of sp³-hybridized carbons (Fsp3) is 0.200. The van der Waals surface area contributed by atoms with Gasteiger partial charge in [0.1, 0.15) is 12.1 Å². The average Bonchev–Trinajstić information content (AvgIpc) is 2.70. The molecule has 1 atom stereocenters. The highest BCUT2D eigenvalue weighted by Crippen LogP contribution is 2.05. The molecule has 0 amide bonds. The molecule has 2 heterocycles. The van der Waals surface area contributed by atoms with Crippen molar-refractivity contribution >= 4 is 11.6 Å². The van der Waals surface area contributed by atoms with Crippen LogP contribution in [0.4, 0.5) is 0 Å². The third kappa shape index (κ3) is 2.21. The monoisotopic (exact) mass is 231 g/mol. The minimum absolute atomic E-state index is 0.130. The van der Waals surface area contributed by atoms with E-state index in [0.29, 0.717) is 11.3 Å². The number of hydrogen-bond donors (Lipinski definition) is 2. The van der Waals surface area contributed by atoms with Crippen molar-refractivity contribution < 1.29 is 9.90 Å². The zero-order valence-corrected chi connectivity index (χ0v) is 8.74. The third-order valence-electron chi connectivity index (χ3n) is 2.24. The zero-order valence-electron chi connectivity index (χ0n) is 8.74. The van der Waals surface area contributed by atoms with Crippen molar-refractivity contribution in [3.8, 4) is 6.07 Å². The summed E-state index contributed by atoms with van der Waals surface area (Å²) in [6.45, 7) is 0. The summed E-state index contributed by atoms with van der Waals surface area (Å²) in [5, 5.41) is 21.5. The van der Waals surface area contributed by atoms with Crippen LogP contribution in [0.2, 0.25) is 0 Å². The number of carboxylic acid groups (broad SMARTS) is 1. The van der Waals surface area contributed by atoms with Crippen LogP contribution < -0.4 is 5.73 Å². The number of aliphatic carboxylic acids is 1. The van der Waals surface area contributed by atoms with Gasteiger partial charge in [-0.15, -0.1) is 0 Å². The number of fused-ring (bicyclic) bond motifs is 1. The maximum atomic E-state index is 10.6. The van der Waals surface area contributed by atoms with Gasteiger partial charge in [0.2, 0.25) is 0 Å². The van der Waals surface area contributed by atoms with Crippen molar-refractivity contribution in [2.75, 3.05) is 0 Å². The van der Waals surface area contributed by atoms with E-state index in [1.165, 1.54) is 10.7 Å². The minimum atomic E-state index is -1.07. The van der Waals surface area contributed by atoms with Crippen LogP contribution in [0.15, 0.2) is 18.3 Å². The Labute approximate surface area is 96.1 Å². The van der Waals surface area contributed by atoms with Crippen LogP contribution in [0.25, 0.3) is 5.65 Å². The van der Waals surface area contributed by atoms with Crippen LogP contribution in [0.5, 0.6) is 0 Å². The molecule has 17 heavy (non-hydrogen) atoms. The molecule has 0 aliphatic heterocycles. The Morgan fingerprint density at radius 3 is 3.06 bits per heavy atom. The number of aromatic nitrogens is 3. The average molecular weight is 231 g/mol. The number of nitrogens with two attached hydrogens (primary N) is 1. The second-order valence-electron chi connectivity index (χ2n) is 3.51. The predicted molar refractivity (Wildman–Crippen MR) is 57.0 cm³/mol. The molecule has 3 N–H and O–H groups in total. The van der Waals surface area contributed by atoms with Gasteiger partial charge in [0.05, 0.1) is 11.9 Å². The van der Waals surface area contributed by atoms with E-state index in [1.807, 2.05) is 6.07 Å². The lowest BCUT2D eigenvalue weighted by Crippen LogP contribution is -2.32. The Bertz CT molecular complexity index is 613. The van der Waals surface area contributed by atoms with Crippen molar-refractivity contribution in [1.82, 2.24) is 14.6 Å². The van der Waals surface area contributed by atoms with Gasteiger partial charge < -0.3 is 10.8 Å². The van der Waals surface area contributed by atoms with E-state index < -0.39 is 12.0 Å². The fourth-order valence-corrected chi connectivity index (χ4v) is 1.40. The summed E-state index contributed by atoms with van der Waals surface area (Å²) in [7, 11) is 0. The molecule has 2 aromatic heterocycles. The second kappa shape index (κ2) is 4.19. The first kappa shape index (κ1) is 11.0. The van der Waals surface area contributed by atoms with E-state index in [9.17, 15) is 4.79 Å². The Morgan fingerprint density at radius 2 is 2.41 bits per heavy atom. The van der Waals surface area contributed by atoms with Crippen molar-refractivity contribution in [1.29, 1.82) is 5.26 Å². The van der Waals surface area contributed by atoms with Crippen molar-refractivity contribution in [3.63, 3.8) is 0 Å². The molecule has 7 nitrogen and oxygen atoms in total. The largest absolute Gasteiger partial charge is 0.480 e. The standard InChI is InChI=1S/C10H9N5O2/c11-4-7-5-15-9(13-7)2-1-6(14-15)3-8(12)10(16)17/h1-2,5,8H,3,12H2,(H,16,17)/t8-/m0/s1. The van der Waals surface area contributed by atoms with Gasteiger partial charge >= 0.3 is 5.97 Å². The lowest BCUT2D eigenvalue weighted by Gasteiger charge is -2.05. The zero-order chi connectivity index (χ0) is 12.4. The molecule has 0 saturated heterocycles. The van der Waals surface area contributed by atoms with E-state index in [2.05, 4.69) is 10.1 Å². The third-order valence-corrected chi connectivity index (χ3v) is 2.24. The van der Waals surface area contributed by atoms with Gasteiger partial charge in [-0.25, -0.2) is 9.50 Å². The summed E-state index contributed by atoms with van der Waals surface area (Å²) in [5.74, 6) is -1.07. The molecule has 0 saturated carbocycles. The van der Waals surface area contributed by atoms with Gasteiger partial charge in [-0.3, -0.25) is 4.79 Å². The van der Waals surface area contributed by atoms with Gasteiger partial charge in [0.25, 0.3) is 0 Å². The number of nitriles is 1. The fourth-order valence-electron chi connectivity index (χ4n) is 1.40. The lowest BCUT2D eigenvalue weighted by molar-refractivity contribution is -0.138. The first-order chi connectivity index (χ1) is 8.10. The van der Waals surface area contributed by atoms with Gasteiger partial charge in [0, 0.05) is 6.42 Å². The molecule has 0 spiro atoms. The molecular formula is C10H9N5O2. The molecule has 2 aromatic rings. The summed E-state index contributed by atoms with van der Waals surface area (Å²) in [5.41, 5.74) is 6.74. The summed E-state index contributed by atoms with van der Waals surface area (Å²) in [6.07, 6.45) is 1.61. The Hall–Kier alpha value is -2.46. The highest BCUT2D eigenvalue weighted by molar-refractivity contribution is 5.73. The lowest BCUT2D eigenvalue weighted by atomic mass is 10.1.